The average Bonchev–Trinajstić information content (AvgIpc) is 3.57. The summed E-state index contributed by atoms with van der Waals surface area (Å²) in [5.74, 6) is -1.96. The van der Waals surface area contributed by atoms with E-state index >= 15 is 0 Å². The van der Waals surface area contributed by atoms with E-state index in [2.05, 4.69) is 0 Å². The maximum Gasteiger partial charge on any atom is 0.340 e. The van der Waals surface area contributed by atoms with Gasteiger partial charge in [-0.15, -0.1) is 11.3 Å². The maximum atomic E-state index is 13.4. The van der Waals surface area contributed by atoms with Crippen LogP contribution in [-0.4, -0.2) is 38.3 Å². The van der Waals surface area contributed by atoms with Gasteiger partial charge in [-0.2, -0.15) is 0 Å². The first kappa shape index (κ1) is 23.0. The molecule has 0 aliphatic carbocycles. The van der Waals surface area contributed by atoms with Crippen LogP contribution in [0, 0.1) is 5.82 Å². The minimum absolute atomic E-state index is 0.0240. The highest BCUT2D eigenvalue weighted by atomic mass is 32.1. The molecule has 35 heavy (non-hydrogen) atoms. The third-order valence-electron chi connectivity index (χ3n) is 6.28. The number of hydrogen-bond acceptors (Lipinski definition) is 6. The maximum absolute atomic E-state index is 13.4. The second-order valence-corrected chi connectivity index (χ2v) is 9.32. The van der Waals surface area contributed by atoms with E-state index in [9.17, 15) is 24.2 Å². The van der Waals surface area contributed by atoms with Gasteiger partial charge in [-0.05, 0) is 56.4 Å². The highest BCUT2D eigenvalue weighted by Crippen LogP contribution is 2.45. The number of carbonyl (C=O) groups excluding carboxylic acids is 1. The Bertz CT molecular complexity index is 1460. The number of aromatic hydroxyl groups is 1. The number of carbonyl (C=O) groups is 2. The monoisotopic (exact) mass is 494 g/mol. The van der Waals surface area contributed by atoms with Crippen LogP contribution in [0.15, 0.2) is 35.7 Å². The topological polar surface area (TPSA) is 102 Å². The fourth-order valence-electron chi connectivity index (χ4n) is 4.69. The quantitative estimate of drug-likeness (QED) is 0.342. The number of aromatic nitrogens is 2. The fraction of sp³-hybridized carbons (Fsp3) is 0.269. The first-order chi connectivity index (χ1) is 16.9. The van der Waals surface area contributed by atoms with Crippen molar-refractivity contribution in [3.8, 4) is 16.3 Å². The van der Waals surface area contributed by atoms with Crippen LogP contribution >= 0.6 is 11.3 Å². The number of aryl methyl sites for hydroxylation is 3. The molecule has 1 aliphatic heterocycles. The Hall–Kier alpha value is -3.72. The molecular formula is C26H23FN2O5S. The minimum Gasteiger partial charge on any atom is -0.494 e. The number of aromatic carboxylic acids is 1. The van der Waals surface area contributed by atoms with Crippen LogP contribution in [-0.2, 0) is 30.5 Å². The van der Waals surface area contributed by atoms with E-state index in [1.54, 1.807) is 19.1 Å². The molecule has 4 aromatic rings. The normalized spacial score (nSPS) is 12.7. The lowest BCUT2D eigenvalue weighted by molar-refractivity contribution is 0.0525. The number of fused-ring (bicyclic) bond motifs is 3. The van der Waals surface area contributed by atoms with Crippen molar-refractivity contribution in [2.24, 2.45) is 0 Å². The number of pyridine rings is 1. The molecule has 0 bridgehead atoms. The molecule has 9 heteroatoms. The molecule has 2 N–H and O–H groups in total. The van der Waals surface area contributed by atoms with E-state index in [0.29, 0.717) is 46.4 Å². The highest BCUT2D eigenvalue weighted by molar-refractivity contribution is 7.14. The van der Waals surface area contributed by atoms with E-state index in [4.69, 9.17) is 9.72 Å². The molecule has 1 aromatic carbocycles. The van der Waals surface area contributed by atoms with Gasteiger partial charge in [0.2, 0.25) is 5.88 Å². The Morgan fingerprint density at radius 3 is 2.69 bits per heavy atom. The average molecular weight is 495 g/mol. The Balaban J connectivity index is 1.75. The number of nitrogens with zero attached hydrogens (tertiary/aromatic N) is 2. The van der Waals surface area contributed by atoms with Crippen molar-refractivity contribution in [3.05, 3.63) is 69.6 Å². The van der Waals surface area contributed by atoms with Crippen molar-refractivity contribution in [1.82, 2.24) is 9.55 Å². The van der Waals surface area contributed by atoms with Crippen LogP contribution < -0.4 is 0 Å². The molecule has 180 valence electrons. The molecule has 0 saturated carbocycles. The third kappa shape index (κ3) is 4.05. The van der Waals surface area contributed by atoms with Crippen molar-refractivity contribution < 1.29 is 28.9 Å². The lowest BCUT2D eigenvalue weighted by atomic mass is 9.96. The number of carboxylic acid groups (broad SMARTS) is 1. The number of rotatable bonds is 7. The molecule has 1 aliphatic rings. The van der Waals surface area contributed by atoms with Gasteiger partial charge in [0.05, 0.1) is 34.3 Å². The molecule has 0 fully saturated rings. The van der Waals surface area contributed by atoms with E-state index in [1.807, 2.05) is 4.57 Å². The van der Waals surface area contributed by atoms with Crippen LogP contribution in [0.4, 0.5) is 4.39 Å². The second kappa shape index (κ2) is 9.14. The molecule has 0 atom stereocenters. The predicted molar refractivity (Wildman–Crippen MR) is 130 cm³/mol. The number of hydrogen-bond donors (Lipinski definition) is 2. The summed E-state index contributed by atoms with van der Waals surface area (Å²) in [6.45, 7) is 2.50. The van der Waals surface area contributed by atoms with Gasteiger partial charge in [-0.25, -0.2) is 19.0 Å². The van der Waals surface area contributed by atoms with Crippen LogP contribution in [0.25, 0.3) is 21.3 Å². The van der Waals surface area contributed by atoms with E-state index < -0.39 is 11.9 Å². The van der Waals surface area contributed by atoms with Crippen molar-refractivity contribution in [2.45, 2.75) is 39.2 Å². The van der Waals surface area contributed by atoms with Gasteiger partial charge in [0.1, 0.15) is 5.82 Å². The molecule has 3 aromatic heterocycles. The van der Waals surface area contributed by atoms with Crippen LogP contribution in [0.1, 0.15) is 51.0 Å². The second-order valence-electron chi connectivity index (χ2n) is 8.41. The molecule has 0 spiro atoms. The summed E-state index contributed by atoms with van der Waals surface area (Å²) in [5, 5.41) is 22.6. The summed E-state index contributed by atoms with van der Waals surface area (Å²) in [6.07, 6.45) is 2.51. The van der Waals surface area contributed by atoms with Crippen molar-refractivity contribution >= 4 is 34.2 Å². The molecule has 0 unspecified atom stereocenters. The Morgan fingerprint density at radius 1 is 1.23 bits per heavy atom. The molecule has 5 rings (SSSR count). The summed E-state index contributed by atoms with van der Waals surface area (Å²) in [5.41, 5.74) is 3.66. The van der Waals surface area contributed by atoms with E-state index in [0.717, 1.165) is 24.1 Å². The van der Waals surface area contributed by atoms with Crippen molar-refractivity contribution in [1.29, 1.82) is 0 Å². The smallest absolute Gasteiger partial charge is 0.340 e. The van der Waals surface area contributed by atoms with Crippen molar-refractivity contribution in [3.63, 3.8) is 0 Å². The summed E-state index contributed by atoms with van der Waals surface area (Å²) in [6, 6.07) is 7.68. The Labute approximate surface area is 204 Å². The first-order valence-electron chi connectivity index (χ1n) is 11.4. The van der Waals surface area contributed by atoms with Gasteiger partial charge in [-0.3, -0.25) is 0 Å². The summed E-state index contributed by atoms with van der Waals surface area (Å²) in [7, 11) is 0. The Kier molecular flexibility index (Phi) is 6.02. The van der Waals surface area contributed by atoms with E-state index in [1.165, 1.54) is 34.9 Å². The zero-order valence-corrected chi connectivity index (χ0v) is 19.8. The number of esters is 1. The highest BCUT2D eigenvalue weighted by Gasteiger charge is 2.31. The third-order valence-corrected chi connectivity index (χ3v) is 7.23. The zero-order valence-electron chi connectivity index (χ0n) is 19.0. The van der Waals surface area contributed by atoms with E-state index in [-0.39, 0.29) is 29.4 Å². The minimum atomic E-state index is -1.07. The molecule has 7 nitrogen and oxygen atoms in total. The number of thiophene rings is 1. The lowest BCUT2D eigenvalue weighted by Crippen LogP contribution is -2.13. The number of halogens is 1. The van der Waals surface area contributed by atoms with Gasteiger partial charge in [0.25, 0.3) is 0 Å². The fourth-order valence-corrected chi connectivity index (χ4v) is 5.63. The number of benzene rings is 1. The van der Waals surface area contributed by atoms with Gasteiger partial charge >= 0.3 is 11.9 Å². The van der Waals surface area contributed by atoms with Gasteiger partial charge in [0, 0.05) is 28.1 Å². The molecule has 4 heterocycles. The SMILES string of the molecule is CCOC(=O)c1c(CCc2ccc(F)cc2)nc2c3n(c(O)c2c1-c1cc(C(=O)O)cs1)CCC3. The van der Waals surface area contributed by atoms with Crippen LogP contribution in [0.2, 0.25) is 0 Å². The molecule has 0 radical (unpaired) electrons. The van der Waals surface area contributed by atoms with Crippen LogP contribution in [0.3, 0.4) is 0 Å². The van der Waals surface area contributed by atoms with Gasteiger partial charge in [-0.1, -0.05) is 12.1 Å². The predicted octanol–water partition coefficient (Wildman–Crippen LogP) is 5.22. The summed E-state index contributed by atoms with van der Waals surface area (Å²) >= 11 is 1.19. The van der Waals surface area contributed by atoms with Gasteiger partial charge < -0.3 is 19.5 Å². The molecule has 0 saturated heterocycles. The zero-order chi connectivity index (χ0) is 24.7. The molecule has 0 amide bonds. The Morgan fingerprint density at radius 2 is 2.00 bits per heavy atom. The molecular weight excluding hydrogens is 471 g/mol. The number of ether oxygens (including phenoxy) is 1. The standard InChI is InChI=1S/C26H23FN2O5S/c1-2-34-26(33)20-17(10-7-14-5-8-16(27)9-6-14)28-23-18-4-3-11-29(18)24(30)22(23)21(20)19-12-15(13-35-19)25(31)32/h5-6,8-9,12-13,30H,2-4,7,10-11H2,1H3,(H,31,32). The number of carboxylic acids is 1. The first-order valence-corrected chi connectivity index (χ1v) is 12.3. The lowest BCUT2D eigenvalue weighted by Gasteiger charge is -2.15. The van der Waals surface area contributed by atoms with Gasteiger partial charge in [0.15, 0.2) is 0 Å². The largest absolute Gasteiger partial charge is 0.494 e. The van der Waals surface area contributed by atoms with Crippen molar-refractivity contribution in [2.75, 3.05) is 6.61 Å². The summed E-state index contributed by atoms with van der Waals surface area (Å²) < 4.78 is 20.6. The summed E-state index contributed by atoms with van der Waals surface area (Å²) in [4.78, 5) is 30.3. The van der Waals surface area contributed by atoms with Crippen LogP contribution in [0.5, 0.6) is 5.88 Å².